The van der Waals surface area contributed by atoms with Crippen molar-refractivity contribution < 1.29 is 14.3 Å². The number of carbonyl (C=O) groups excluding carboxylic acids is 2. The van der Waals surface area contributed by atoms with E-state index in [0.717, 1.165) is 36.8 Å². The lowest BCUT2D eigenvalue weighted by molar-refractivity contribution is -0.138. The van der Waals surface area contributed by atoms with Crippen molar-refractivity contribution in [3.63, 3.8) is 0 Å². The van der Waals surface area contributed by atoms with Gasteiger partial charge in [-0.25, -0.2) is 9.78 Å². The summed E-state index contributed by atoms with van der Waals surface area (Å²) in [6.45, 7) is 9.59. The number of thiazole rings is 1. The van der Waals surface area contributed by atoms with Gasteiger partial charge in [-0.1, -0.05) is 29.8 Å². The lowest BCUT2D eigenvalue weighted by atomic mass is 9.88. The van der Waals surface area contributed by atoms with Gasteiger partial charge in [0.15, 0.2) is 10.8 Å². The lowest BCUT2D eigenvalue weighted by Gasteiger charge is -2.35. The first-order valence-corrected chi connectivity index (χ1v) is 13.5. The summed E-state index contributed by atoms with van der Waals surface area (Å²) in [5, 5.41) is 6.09. The Morgan fingerprint density at radius 1 is 1.28 bits per heavy atom. The van der Waals surface area contributed by atoms with Gasteiger partial charge in [0.2, 0.25) is 5.91 Å². The molecule has 190 valence electrons. The Hall–Kier alpha value is -3.04. The molecule has 1 aromatic heterocycles. The van der Waals surface area contributed by atoms with Gasteiger partial charge < -0.3 is 15.0 Å². The zero-order chi connectivity index (χ0) is 25.2. The van der Waals surface area contributed by atoms with Gasteiger partial charge in [-0.05, 0) is 39.3 Å². The molecule has 4 heterocycles. The standard InChI is InChI=1S/C27H33N5O3S/c1-4-35-27(34)22-13-29-24(25-28-10-12-36-25)30-23(22)16-31-11-9-21-20(14-31)15-32(26(21)33)18(3)19-7-5-17(2)6-8-19/h5-8,10,12,18,20-21H,4,9,11,13-16H2,1-3H3,(H,29,30). The maximum atomic E-state index is 13.3. The summed E-state index contributed by atoms with van der Waals surface area (Å²) >= 11 is 1.51. The molecule has 1 amide bonds. The minimum Gasteiger partial charge on any atom is -0.463 e. The molecule has 0 spiro atoms. The van der Waals surface area contributed by atoms with Gasteiger partial charge in [0.05, 0.1) is 24.8 Å². The van der Waals surface area contributed by atoms with Crippen LogP contribution in [-0.2, 0) is 14.3 Å². The van der Waals surface area contributed by atoms with Gasteiger partial charge in [-0.3, -0.25) is 14.7 Å². The van der Waals surface area contributed by atoms with Gasteiger partial charge in [0.25, 0.3) is 0 Å². The molecule has 3 unspecified atom stereocenters. The third-order valence-electron chi connectivity index (χ3n) is 7.44. The van der Waals surface area contributed by atoms with Gasteiger partial charge in [0.1, 0.15) is 0 Å². The predicted octanol–water partition coefficient (Wildman–Crippen LogP) is 3.16. The summed E-state index contributed by atoms with van der Waals surface area (Å²) in [4.78, 5) is 39.3. The number of hydrogen-bond donors (Lipinski definition) is 1. The van der Waals surface area contributed by atoms with Gasteiger partial charge in [-0.2, -0.15) is 0 Å². The molecule has 3 aliphatic rings. The maximum absolute atomic E-state index is 13.3. The van der Waals surface area contributed by atoms with Crippen LogP contribution >= 0.6 is 11.3 Å². The molecule has 9 heteroatoms. The summed E-state index contributed by atoms with van der Waals surface area (Å²) in [6, 6.07) is 8.53. The number of carbonyl (C=O) groups is 2. The Morgan fingerprint density at radius 2 is 2.08 bits per heavy atom. The number of amidine groups is 1. The second-order valence-corrected chi connectivity index (χ2v) is 10.7. The van der Waals surface area contributed by atoms with Crippen LogP contribution in [0.3, 0.4) is 0 Å². The average Bonchev–Trinajstić information content (AvgIpc) is 3.53. The number of benzene rings is 1. The number of aromatic nitrogens is 1. The molecule has 1 aromatic carbocycles. The van der Waals surface area contributed by atoms with Crippen LogP contribution in [0.1, 0.15) is 42.4 Å². The van der Waals surface area contributed by atoms with E-state index in [2.05, 4.69) is 63.2 Å². The summed E-state index contributed by atoms with van der Waals surface area (Å²) in [5.41, 5.74) is 3.78. The Morgan fingerprint density at radius 3 is 2.81 bits per heavy atom. The Kier molecular flexibility index (Phi) is 7.20. The van der Waals surface area contributed by atoms with E-state index >= 15 is 0 Å². The molecule has 8 nitrogen and oxygen atoms in total. The van der Waals surface area contributed by atoms with E-state index in [4.69, 9.17) is 4.74 Å². The normalized spacial score (nSPS) is 23.2. The summed E-state index contributed by atoms with van der Waals surface area (Å²) in [6.07, 6.45) is 2.58. The number of hydrogen-bond acceptors (Lipinski definition) is 8. The molecule has 0 aliphatic carbocycles. The summed E-state index contributed by atoms with van der Waals surface area (Å²) < 4.78 is 5.31. The van der Waals surface area contributed by atoms with Crippen LogP contribution in [-0.4, -0.2) is 71.8 Å². The molecule has 1 N–H and O–H groups in total. The van der Waals surface area contributed by atoms with Gasteiger partial charge >= 0.3 is 5.97 Å². The maximum Gasteiger partial charge on any atom is 0.337 e. The molecule has 0 bridgehead atoms. The van der Waals surface area contributed by atoms with E-state index in [9.17, 15) is 9.59 Å². The van der Waals surface area contributed by atoms with E-state index in [-0.39, 0.29) is 36.3 Å². The number of esters is 1. The first kappa shape index (κ1) is 24.6. The number of rotatable bonds is 7. The zero-order valence-electron chi connectivity index (χ0n) is 21.1. The topological polar surface area (TPSA) is 87.1 Å². The monoisotopic (exact) mass is 507 g/mol. The minimum absolute atomic E-state index is 0.0624. The predicted molar refractivity (Wildman–Crippen MR) is 140 cm³/mol. The molecule has 36 heavy (non-hydrogen) atoms. The average molecular weight is 508 g/mol. The van der Waals surface area contributed by atoms with Crippen LogP contribution in [0.2, 0.25) is 0 Å². The number of likely N-dealkylation sites (tertiary alicyclic amines) is 2. The SMILES string of the molecule is CCOC(=O)C1=C(CN2CCC3C(=O)N(C(C)c4ccc(C)cc4)CC3C2)NC(c2nccs2)=NC1. The molecule has 3 aliphatic heterocycles. The number of piperidine rings is 1. The molecule has 2 aromatic rings. The van der Waals surface area contributed by atoms with Crippen LogP contribution in [0.4, 0.5) is 0 Å². The second-order valence-electron chi connectivity index (χ2n) is 9.77. The molecular weight excluding hydrogens is 474 g/mol. The largest absolute Gasteiger partial charge is 0.463 e. The lowest BCUT2D eigenvalue weighted by Crippen LogP contribution is -2.45. The van der Waals surface area contributed by atoms with Gasteiger partial charge in [0, 0.05) is 48.7 Å². The number of aryl methyl sites for hydroxylation is 1. The van der Waals surface area contributed by atoms with Crippen molar-refractivity contribution in [2.45, 2.75) is 33.2 Å². The Balaban J connectivity index is 1.29. The van der Waals surface area contributed by atoms with E-state index in [1.54, 1.807) is 6.20 Å². The van der Waals surface area contributed by atoms with Crippen molar-refractivity contribution in [3.05, 3.63) is 63.2 Å². The molecule has 5 rings (SSSR count). The number of fused-ring (bicyclic) bond motifs is 1. The van der Waals surface area contributed by atoms with Crippen molar-refractivity contribution >= 4 is 29.0 Å². The molecule has 0 radical (unpaired) electrons. The molecule has 0 saturated carbocycles. The fourth-order valence-corrected chi connectivity index (χ4v) is 6.03. The number of nitrogens with one attached hydrogen (secondary N) is 1. The Labute approximate surface area is 216 Å². The second kappa shape index (κ2) is 10.5. The first-order chi connectivity index (χ1) is 17.4. The van der Waals surface area contributed by atoms with Crippen LogP contribution in [0.5, 0.6) is 0 Å². The van der Waals surface area contributed by atoms with Crippen molar-refractivity contribution in [2.75, 3.05) is 39.3 Å². The quantitative estimate of drug-likeness (QED) is 0.580. The van der Waals surface area contributed by atoms with Crippen LogP contribution in [0, 0.1) is 18.8 Å². The zero-order valence-corrected chi connectivity index (χ0v) is 21.9. The first-order valence-electron chi connectivity index (χ1n) is 12.6. The van der Waals surface area contributed by atoms with Gasteiger partial charge in [-0.15, -0.1) is 11.3 Å². The van der Waals surface area contributed by atoms with Crippen LogP contribution < -0.4 is 5.32 Å². The van der Waals surface area contributed by atoms with Crippen molar-refractivity contribution in [3.8, 4) is 0 Å². The molecule has 2 saturated heterocycles. The number of aliphatic imine (C=N–C) groups is 1. The van der Waals surface area contributed by atoms with E-state index in [1.807, 2.05) is 12.3 Å². The molecule has 3 atom stereocenters. The fourth-order valence-electron chi connectivity index (χ4n) is 5.43. The highest BCUT2D eigenvalue weighted by Gasteiger charge is 2.45. The number of nitrogens with zero attached hydrogens (tertiary/aromatic N) is 4. The van der Waals surface area contributed by atoms with E-state index in [1.165, 1.54) is 22.5 Å². The Bertz CT molecular complexity index is 1170. The fraction of sp³-hybridized carbons (Fsp3) is 0.481. The van der Waals surface area contributed by atoms with E-state index in [0.29, 0.717) is 24.6 Å². The molecule has 2 fully saturated rings. The smallest absolute Gasteiger partial charge is 0.337 e. The highest BCUT2D eigenvalue weighted by molar-refractivity contribution is 7.11. The van der Waals surface area contributed by atoms with Crippen molar-refractivity contribution in [2.24, 2.45) is 16.8 Å². The summed E-state index contributed by atoms with van der Waals surface area (Å²) in [5.74, 6) is 0.983. The van der Waals surface area contributed by atoms with Crippen LogP contribution in [0.15, 0.2) is 52.1 Å². The number of amides is 1. The van der Waals surface area contributed by atoms with Crippen molar-refractivity contribution in [1.29, 1.82) is 0 Å². The molecular formula is C27H33N5O3S. The summed E-state index contributed by atoms with van der Waals surface area (Å²) in [7, 11) is 0. The highest BCUT2D eigenvalue weighted by atomic mass is 32.1. The van der Waals surface area contributed by atoms with Crippen molar-refractivity contribution in [1.82, 2.24) is 20.1 Å². The third-order valence-corrected chi connectivity index (χ3v) is 8.22. The minimum atomic E-state index is -0.328. The highest BCUT2D eigenvalue weighted by Crippen LogP contribution is 2.37. The van der Waals surface area contributed by atoms with E-state index < -0.39 is 0 Å². The van der Waals surface area contributed by atoms with Crippen LogP contribution in [0.25, 0.3) is 0 Å². The third kappa shape index (κ3) is 4.95. The number of ether oxygens (including phenoxy) is 1.